The fourth-order valence-electron chi connectivity index (χ4n) is 3.66. The molecule has 176 valence electrons. The second-order valence-electron chi connectivity index (χ2n) is 7.77. The minimum absolute atomic E-state index is 0.0978. The molecule has 34 heavy (non-hydrogen) atoms. The Balaban J connectivity index is 1.40. The molecule has 4 rings (SSSR count). The van der Waals surface area contributed by atoms with Crippen molar-refractivity contribution in [3.8, 4) is 22.6 Å². The van der Waals surface area contributed by atoms with Crippen LogP contribution < -0.4 is 14.8 Å². The summed E-state index contributed by atoms with van der Waals surface area (Å²) in [4.78, 5) is 26.9. The zero-order chi connectivity index (χ0) is 23.8. The van der Waals surface area contributed by atoms with E-state index >= 15 is 0 Å². The number of morpholine rings is 1. The van der Waals surface area contributed by atoms with Gasteiger partial charge in [-0.1, -0.05) is 42.5 Å². The Bertz CT molecular complexity index is 1110. The first kappa shape index (κ1) is 23.3. The van der Waals surface area contributed by atoms with Crippen LogP contribution in [-0.2, 0) is 9.53 Å². The van der Waals surface area contributed by atoms with Crippen LogP contribution in [0.15, 0.2) is 72.8 Å². The number of rotatable bonds is 8. The van der Waals surface area contributed by atoms with Gasteiger partial charge in [0.25, 0.3) is 11.8 Å². The standard InChI is InChI=1S/C27H28N2O5/c1-2-33-25-18-22(10-13-24(25)34-19-26(30)29-14-16-32-17-15-29)27(31)28-23-11-8-21(9-12-23)20-6-4-3-5-7-20/h3-13,18H,2,14-17,19H2,1H3,(H,28,31). The molecule has 2 amide bonds. The van der Waals surface area contributed by atoms with Gasteiger partial charge in [0.15, 0.2) is 18.1 Å². The summed E-state index contributed by atoms with van der Waals surface area (Å²) in [5, 5.41) is 2.91. The summed E-state index contributed by atoms with van der Waals surface area (Å²) in [6.45, 7) is 4.35. The predicted octanol–water partition coefficient (Wildman–Crippen LogP) is 4.24. The SMILES string of the molecule is CCOc1cc(C(=O)Nc2ccc(-c3ccccc3)cc2)ccc1OCC(=O)N1CCOCC1. The van der Waals surface area contributed by atoms with Crippen molar-refractivity contribution in [1.82, 2.24) is 4.90 Å². The largest absolute Gasteiger partial charge is 0.490 e. The number of benzene rings is 3. The number of amides is 2. The number of anilines is 1. The molecule has 0 spiro atoms. The smallest absolute Gasteiger partial charge is 0.260 e. The normalized spacial score (nSPS) is 13.3. The molecular formula is C27H28N2O5. The highest BCUT2D eigenvalue weighted by atomic mass is 16.5. The van der Waals surface area contributed by atoms with Crippen LogP contribution in [0.1, 0.15) is 17.3 Å². The van der Waals surface area contributed by atoms with Gasteiger partial charge in [-0.15, -0.1) is 0 Å². The maximum absolute atomic E-state index is 12.8. The van der Waals surface area contributed by atoms with E-state index in [4.69, 9.17) is 14.2 Å². The molecule has 0 aliphatic carbocycles. The number of hydrogen-bond donors (Lipinski definition) is 1. The molecule has 0 radical (unpaired) electrons. The lowest BCUT2D eigenvalue weighted by Gasteiger charge is -2.26. The molecule has 1 saturated heterocycles. The Morgan fingerprint density at radius 3 is 2.29 bits per heavy atom. The Morgan fingerprint density at radius 2 is 1.59 bits per heavy atom. The molecule has 7 nitrogen and oxygen atoms in total. The van der Waals surface area contributed by atoms with Gasteiger partial charge >= 0.3 is 0 Å². The Hall–Kier alpha value is -3.84. The van der Waals surface area contributed by atoms with Crippen molar-refractivity contribution >= 4 is 17.5 Å². The summed E-state index contributed by atoms with van der Waals surface area (Å²) >= 11 is 0. The molecule has 3 aromatic rings. The molecule has 1 fully saturated rings. The van der Waals surface area contributed by atoms with E-state index < -0.39 is 0 Å². The van der Waals surface area contributed by atoms with E-state index in [1.807, 2.05) is 61.5 Å². The lowest BCUT2D eigenvalue weighted by molar-refractivity contribution is -0.137. The van der Waals surface area contributed by atoms with E-state index in [0.29, 0.717) is 55.7 Å². The molecule has 3 aromatic carbocycles. The Labute approximate surface area is 199 Å². The predicted molar refractivity (Wildman–Crippen MR) is 130 cm³/mol. The Morgan fingerprint density at radius 1 is 0.882 bits per heavy atom. The van der Waals surface area contributed by atoms with E-state index in [1.165, 1.54) is 0 Å². The molecule has 0 atom stereocenters. The van der Waals surface area contributed by atoms with Crippen LogP contribution in [0.3, 0.4) is 0 Å². The first-order valence-electron chi connectivity index (χ1n) is 11.4. The first-order chi connectivity index (χ1) is 16.6. The van der Waals surface area contributed by atoms with E-state index in [-0.39, 0.29) is 18.4 Å². The molecule has 1 N–H and O–H groups in total. The number of hydrogen-bond acceptors (Lipinski definition) is 5. The summed E-state index contributed by atoms with van der Waals surface area (Å²) in [6.07, 6.45) is 0. The lowest BCUT2D eigenvalue weighted by Crippen LogP contribution is -2.43. The van der Waals surface area contributed by atoms with Gasteiger partial charge in [0, 0.05) is 24.3 Å². The monoisotopic (exact) mass is 460 g/mol. The number of nitrogens with zero attached hydrogens (tertiary/aromatic N) is 1. The molecule has 0 bridgehead atoms. The van der Waals surface area contributed by atoms with Gasteiger partial charge in [0.2, 0.25) is 0 Å². The van der Waals surface area contributed by atoms with Crippen molar-refractivity contribution in [2.24, 2.45) is 0 Å². The van der Waals surface area contributed by atoms with Crippen molar-refractivity contribution in [2.75, 3.05) is 44.8 Å². The number of ether oxygens (including phenoxy) is 3. The van der Waals surface area contributed by atoms with Crippen LogP contribution >= 0.6 is 0 Å². The third-order valence-electron chi connectivity index (χ3n) is 5.47. The molecule has 0 saturated carbocycles. The zero-order valence-electron chi connectivity index (χ0n) is 19.2. The van der Waals surface area contributed by atoms with Crippen LogP contribution in [-0.4, -0.2) is 56.2 Å². The van der Waals surface area contributed by atoms with Gasteiger partial charge in [0.05, 0.1) is 19.8 Å². The average molecular weight is 461 g/mol. The number of carbonyl (C=O) groups is 2. The van der Waals surface area contributed by atoms with Gasteiger partial charge in [-0.25, -0.2) is 0 Å². The topological polar surface area (TPSA) is 77.1 Å². The van der Waals surface area contributed by atoms with Gasteiger partial charge < -0.3 is 24.4 Å². The Kier molecular flexibility index (Phi) is 7.78. The maximum Gasteiger partial charge on any atom is 0.260 e. The fourth-order valence-corrected chi connectivity index (χ4v) is 3.66. The summed E-state index contributed by atoms with van der Waals surface area (Å²) in [6, 6.07) is 22.7. The van der Waals surface area contributed by atoms with Crippen molar-refractivity contribution in [2.45, 2.75) is 6.92 Å². The van der Waals surface area contributed by atoms with Crippen molar-refractivity contribution in [3.05, 3.63) is 78.4 Å². The van der Waals surface area contributed by atoms with Crippen LogP contribution in [0.4, 0.5) is 5.69 Å². The van der Waals surface area contributed by atoms with Crippen LogP contribution in [0.5, 0.6) is 11.5 Å². The van der Waals surface area contributed by atoms with E-state index in [0.717, 1.165) is 11.1 Å². The van der Waals surface area contributed by atoms with Crippen molar-refractivity contribution in [3.63, 3.8) is 0 Å². The molecule has 7 heteroatoms. The quantitative estimate of drug-likeness (QED) is 0.544. The van der Waals surface area contributed by atoms with Crippen molar-refractivity contribution in [1.29, 1.82) is 0 Å². The first-order valence-corrected chi connectivity index (χ1v) is 11.4. The minimum atomic E-state index is -0.260. The van der Waals surface area contributed by atoms with Crippen LogP contribution in [0, 0.1) is 0 Å². The summed E-state index contributed by atoms with van der Waals surface area (Å²) < 4.78 is 16.7. The minimum Gasteiger partial charge on any atom is -0.490 e. The molecule has 0 aromatic heterocycles. The van der Waals surface area contributed by atoms with Gasteiger partial charge in [-0.3, -0.25) is 9.59 Å². The molecular weight excluding hydrogens is 432 g/mol. The second kappa shape index (κ2) is 11.3. The van der Waals surface area contributed by atoms with E-state index in [1.54, 1.807) is 23.1 Å². The third kappa shape index (κ3) is 5.94. The molecule has 1 aliphatic rings. The number of carbonyl (C=O) groups excluding carboxylic acids is 2. The summed E-state index contributed by atoms with van der Waals surface area (Å²) in [7, 11) is 0. The zero-order valence-corrected chi connectivity index (χ0v) is 19.2. The number of nitrogens with one attached hydrogen (secondary N) is 1. The maximum atomic E-state index is 12.8. The molecule has 1 heterocycles. The fraction of sp³-hybridized carbons (Fsp3) is 0.259. The van der Waals surface area contributed by atoms with Gasteiger partial charge in [-0.2, -0.15) is 0 Å². The highest BCUT2D eigenvalue weighted by Gasteiger charge is 2.19. The van der Waals surface area contributed by atoms with E-state index in [2.05, 4.69) is 5.32 Å². The average Bonchev–Trinajstić information content (AvgIpc) is 2.89. The lowest BCUT2D eigenvalue weighted by atomic mass is 10.1. The van der Waals surface area contributed by atoms with Gasteiger partial charge in [-0.05, 0) is 48.4 Å². The molecule has 0 unspecified atom stereocenters. The third-order valence-corrected chi connectivity index (χ3v) is 5.47. The summed E-state index contributed by atoms with van der Waals surface area (Å²) in [5.41, 5.74) is 3.32. The molecule has 1 aliphatic heterocycles. The van der Waals surface area contributed by atoms with Crippen LogP contribution in [0.2, 0.25) is 0 Å². The highest BCUT2D eigenvalue weighted by Crippen LogP contribution is 2.29. The summed E-state index contributed by atoms with van der Waals surface area (Å²) in [5.74, 6) is 0.479. The second-order valence-corrected chi connectivity index (χ2v) is 7.77. The van der Waals surface area contributed by atoms with Crippen LogP contribution in [0.25, 0.3) is 11.1 Å². The van der Waals surface area contributed by atoms with Crippen molar-refractivity contribution < 1.29 is 23.8 Å². The van der Waals surface area contributed by atoms with E-state index in [9.17, 15) is 9.59 Å². The van der Waals surface area contributed by atoms with Gasteiger partial charge in [0.1, 0.15) is 0 Å². The highest BCUT2D eigenvalue weighted by molar-refractivity contribution is 6.04.